The van der Waals surface area contributed by atoms with Crippen LogP contribution in [-0.2, 0) is 0 Å². The quantitative estimate of drug-likeness (QED) is 0.245. The largest absolute Gasteiger partial charge is 0.383 e. The summed E-state index contributed by atoms with van der Waals surface area (Å²) in [5.41, 5.74) is 9.30. The molecule has 182 valence electrons. The molecule has 9 nitrogen and oxygen atoms in total. The molecule has 2 aromatic carbocycles. The number of aliphatic imine (C=N–C) groups is 1. The van der Waals surface area contributed by atoms with Crippen molar-refractivity contribution >= 4 is 46.4 Å². The molecule has 10 heteroatoms. The number of benzene rings is 2. The third-order valence-electron chi connectivity index (χ3n) is 5.79. The number of nitrogens with one attached hydrogen (secondary N) is 2. The summed E-state index contributed by atoms with van der Waals surface area (Å²) in [5, 5.41) is 10.5. The van der Waals surface area contributed by atoms with Crippen LogP contribution in [0.1, 0.15) is 39.5 Å². The second-order valence-corrected chi connectivity index (χ2v) is 9.01. The Bertz CT molecular complexity index is 1740. The Morgan fingerprint density at radius 1 is 1.22 bits per heavy atom. The van der Waals surface area contributed by atoms with Crippen LogP contribution in [0.3, 0.4) is 0 Å². The molecule has 0 aliphatic carbocycles. The number of carbonyl (C=O) groups is 1. The third kappa shape index (κ3) is 4.51. The lowest BCUT2D eigenvalue weighted by Gasteiger charge is -2.21. The van der Waals surface area contributed by atoms with E-state index in [9.17, 15) is 9.59 Å². The van der Waals surface area contributed by atoms with Gasteiger partial charge in [-0.2, -0.15) is 5.10 Å². The van der Waals surface area contributed by atoms with Gasteiger partial charge in [-0.25, -0.2) is 4.99 Å². The molecule has 0 aliphatic heterocycles. The smallest absolute Gasteiger partial charge is 0.264 e. The highest BCUT2D eigenvalue weighted by Gasteiger charge is 2.23. The molecule has 5 aromatic rings. The molecule has 0 saturated heterocycles. The van der Waals surface area contributed by atoms with Crippen molar-refractivity contribution in [3.05, 3.63) is 98.4 Å². The van der Waals surface area contributed by atoms with Gasteiger partial charge in [0, 0.05) is 16.9 Å². The van der Waals surface area contributed by atoms with Crippen molar-refractivity contribution in [2.75, 3.05) is 5.73 Å². The number of anilines is 1. The standard InChI is InChI=1S/C27H21N7O2S/c1-16(31-26(35)23-24(28)32-33-25(23)29-2)21-13-18-8-6-7-17(11-12-20-14-30-15-37-20)22(18)27(36)34(21)19-9-4-3-5-10-19/h3-10,13-16H,2H2,1H3,(H,31,35)(H3,28,32,33). The Morgan fingerprint density at radius 3 is 2.76 bits per heavy atom. The van der Waals surface area contributed by atoms with Gasteiger partial charge < -0.3 is 11.1 Å². The van der Waals surface area contributed by atoms with Gasteiger partial charge in [0.1, 0.15) is 11.4 Å². The summed E-state index contributed by atoms with van der Waals surface area (Å²) in [6.07, 6.45) is 1.69. The Labute approximate surface area is 215 Å². The fourth-order valence-electron chi connectivity index (χ4n) is 4.08. The molecule has 3 aromatic heterocycles. The maximum absolute atomic E-state index is 14.0. The number of hydrogen-bond donors (Lipinski definition) is 3. The summed E-state index contributed by atoms with van der Waals surface area (Å²) < 4.78 is 1.59. The number of para-hydroxylation sites is 1. The van der Waals surface area contributed by atoms with Crippen LogP contribution in [0.25, 0.3) is 16.5 Å². The van der Waals surface area contributed by atoms with E-state index < -0.39 is 11.9 Å². The van der Waals surface area contributed by atoms with Crippen molar-refractivity contribution in [3.8, 4) is 17.5 Å². The summed E-state index contributed by atoms with van der Waals surface area (Å²) in [5.74, 6) is 5.90. The van der Waals surface area contributed by atoms with Crippen LogP contribution in [0.4, 0.5) is 11.6 Å². The van der Waals surface area contributed by atoms with Gasteiger partial charge in [-0.1, -0.05) is 36.3 Å². The molecule has 1 unspecified atom stereocenters. The number of thiazole rings is 1. The van der Waals surface area contributed by atoms with Gasteiger partial charge in [-0.05, 0) is 49.2 Å². The first-order valence-corrected chi connectivity index (χ1v) is 12.1. The number of amides is 1. The van der Waals surface area contributed by atoms with Crippen LogP contribution in [-0.4, -0.2) is 32.4 Å². The van der Waals surface area contributed by atoms with E-state index in [1.807, 2.05) is 54.6 Å². The first kappa shape index (κ1) is 23.7. The summed E-state index contributed by atoms with van der Waals surface area (Å²) in [4.78, 5) is 35.7. The summed E-state index contributed by atoms with van der Waals surface area (Å²) in [6, 6.07) is 16.1. The van der Waals surface area contributed by atoms with Gasteiger partial charge in [0.15, 0.2) is 5.82 Å². The Hall–Kier alpha value is -5.01. The van der Waals surface area contributed by atoms with Gasteiger partial charge in [0.05, 0.1) is 28.0 Å². The highest BCUT2D eigenvalue weighted by Crippen LogP contribution is 2.25. The number of fused-ring (bicyclic) bond motifs is 1. The van der Waals surface area contributed by atoms with Crippen molar-refractivity contribution in [1.29, 1.82) is 0 Å². The van der Waals surface area contributed by atoms with Gasteiger partial charge in [0.25, 0.3) is 11.5 Å². The highest BCUT2D eigenvalue weighted by atomic mass is 32.1. The fourth-order valence-corrected chi connectivity index (χ4v) is 4.55. The predicted octanol–water partition coefficient (Wildman–Crippen LogP) is 3.98. The molecule has 0 aliphatic rings. The van der Waals surface area contributed by atoms with E-state index in [0.717, 1.165) is 4.88 Å². The molecule has 0 spiro atoms. The molecular weight excluding hydrogens is 486 g/mol. The lowest BCUT2D eigenvalue weighted by molar-refractivity contribution is 0.0940. The number of nitrogen functional groups attached to an aromatic ring is 1. The monoisotopic (exact) mass is 507 g/mol. The van der Waals surface area contributed by atoms with Crippen LogP contribution < -0.4 is 16.6 Å². The van der Waals surface area contributed by atoms with E-state index in [1.165, 1.54) is 11.3 Å². The van der Waals surface area contributed by atoms with E-state index in [4.69, 9.17) is 5.73 Å². The number of H-pyrrole nitrogens is 1. The maximum Gasteiger partial charge on any atom is 0.264 e. The lowest BCUT2D eigenvalue weighted by atomic mass is 10.0. The minimum atomic E-state index is -0.580. The lowest BCUT2D eigenvalue weighted by Crippen LogP contribution is -2.32. The zero-order valence-electron chi connectivity index (χ0n) is 19.7. The molecule has 1 atom stereocenters. The highest BCUT2D eigenvalue weighted by molar-refractivity contribution is 7.10. The number of carbonyl (C=O) groups excluding carboxylic acids is 1. The number of aromatic amines is 1. The van der Waals surface area contributed by atoms with E-state index >= 15 is 0 Å². The first-order valence-electron chi connectivity index (χ1n) is 11.2. The van der Waals surface area contributed by atoms with Crippen molar-refractivity contribution in [2.24, 2.45) is 4.99 Å². The zero-order valence-corrected chi connectivity index (χ0v) is 20.5. The van der Waals surface area contributed by atoms with Crippen LogP contribution in [0, 0.1) is 11.8 Å². The van der Waals surface area contributed by atoms with Crippen LogP contribution in [0.15, 0.2) is 76.1 Å². The number of pyridine rings is 1. The van der Waals surface area contributed by atoms with Crippen LogP contribution in [0.2, 0.25) is 0 Å². The van der Waals surface area contributed by atoms with Crippen molar-refractivity contribution in [1.82, 2.24) is 25.1 Å². The van der Waals surface area contributed by atoms with Gasteiger partial charge in [-0.3, -0.25) is 24.2 Å². The van der Waals surface area contributed by atoms with Gasteiger partial charge in [0.2, 0.25) is 0 Å². The molecule has 0 fully saturated rings. The molecule has 37 heavy (non-hydrogen) atoms. The Balaban J connectivity index is 1.66. The number of hydrogen-bond acceptors (Lipinski definition) is 7. The zero-order chi connectivity index (χ0) is 25.9. The molecule has 4 N–H and O–H groups in total. The van der Waals surface area contributed by atoms with E-state index in [-0.39, 0.29) is 22.8 Å². The van der Waals surface area contributed by atoms with Crippen LogP contribution >= 0.6 is 11.3 Å². The minimum Gasteiger partial charge on any atom is -0.383 e. The molecule has 0 radical (unpaired) electrons. The van der Waals surface area contributed by atoms with Crippen LogP contribution in [0.5, 0.6) is 0 Å². The molecule has 0 bridgehead atoms. The first-order chi connectivity index (χ1) is 18.0. The van der Waals surface area contributed by atoms with E-state index in [0.29, 0.717) is 27.7 Å². The number of nitrogens with zero attached hydrogens (tertiary/aromatic N) is 4. The minimum absolute atomic E-state index is 0.0789. The molecule has 5 rings (SSSR count). The number of nitrogens with two attached hydrogens (primary N) is 1. The Morgan fingerprint density at radius 2 is 2.03 bits per heavy atom. The number of rotatable bonds is 5. The molecule has 1 amide bonds. The SMILES string of the molecule is C=Nc1n[nH]c(N)c1C(=O)NC(C)c1cc2cccc(C#Cc3cncs3)c2c(=O)n1-c1ccccc1. The van der Waals surface area contributed by atoms with E-state index in [2.05, 4.69) is 44.0 Å². The van der Waals surface area contributed by atoms with Gasteiger partial charge in [-0.15, -0.1) is 11.3 Å². The second kappa shape index (κ2) is 9.93. The van der Waals surface area contributed by atoms with Crippen molar-refractivity contribution < 1.29 is 4.79 Å². The predicted molar refractivity (Wildman–Crippen MR) is 146 cm³/mol. The summed E-state index contributed by atoms with van der Waals surface area (Å²) >= 11 is 1.43. The number of aromatic nitrogens is 4. The topological polar surface area (TPSA) is 131 Å². The van der Waals surface area contributed by atoms with Gasteiger partial charge >= 0.3 is 0 Å². The van der Waals surface area contributed by atoms with E-state index in [1.54, 1.807) is 23.2 Å². The Kier molecular flexibility index (Phi) is 6.36. The third-order valence-corrected chi connectivity index (χ3v) is 6.47. The maximum atomic E-state index is 14.0. The van der Waals surface area contributed by atoms with Crippen molar-refractivity contribution in [2.45, 2.75) is 13.0 Å². The normalized spacial score (nSPS) is 11.5. The average Bonchev–Trinajstić information content (AvgIpc) is 3.57. The molecular formula is C27H21N7O2S. The molecule has 3 heterocycles. The van der Waals surface area contributed by atoms with Crippen molar-refractivity contribution in [3.63, 3.8) is 0 Å². The summed E-state index contributed by atoms with van der Waals surface area (Å²) in [6.45, 7) is 5.23. The summed E-state index contributed by atoms with van der Waals surface area (Å²) in [7, 11) is 0. The molecule has 0 saturated carbocycles. The average molecular weight is 508 g/mol. The fraction of sp³-hybridized carbons (Fsp3) is 0.0741. The second-order valence-electron chi connectivity index (χ2n) is 8.12.